The van der Waals surface area contributed by atoms with Gasteiger partial charge in [0.2, 0.25) is 5.91 Å². The maximum absolute atomic E-state index is 13.4. The molecule has 2 aromatic rings. The van der Waals surface area contributed by atoms with Crippen molar-refractivity contribution in [1.29, 1.82) is 0 Å². The summed E-state index contributed by atoms with van der Waals surface area (Å²) in [6, 6.07) is 12.2. The number of carbonyl (C=O) groups is 2. The van der Waals surface area contributed by atoms with Crippen LogP contribution < -0.4 is 0 Å². The molecule has 178 valence electrons. The minimum absolute atomic E-state index is 0.0450. The highest BCUT2D eigenvalue weighted by Crippen LogP contribution is 2.41. The zero-order chi connectivity index (χ0) is 24.5. The summed E-state index contributed by atoms with van der Waals surface area (Å²) in [7, 11) is -4.39. The fraction of sp³-hybridized carbons (Fsp3) is 0.304. The third-order valence-electron chi connectivity index (χ3n) is 6.11. The molecule has 0 aliphatic carbocycles. The van der Waals surface area contributed by atoms with Crippen LogP contribution in [0, 0.1) is 16.0 Å². The molecule has 0 spiro atoms. The number of hydrogen-bond donors (Lipinski definition) is 0. The molecule has 2 aliphatic rings. The lowest BCUT2D eigenvalue weighted by atomic mass is 9.96. The molecule has 2 heterocycles. The fourth-order valence-corrected chi connectivity index (χ4v) is 6.32. The minimum Gasteiger partial charge on any atom is -0.445 e. The Balaban J connectivity index is 1.62. The van der Waals surface area contributed by atoms with Gasteiger partial charge < -0.3 is 9.64 Å². The standard InChI is InChI=1S/C23H23N3O7S/c1-2-7-19-21-20(12-13-24(21)23(28)33-15-16-8-4-3-5-9-16)25(22(19)27)34(31,32)18-11-6-10-17(14-18)26(29)30/h2-6,8-11,14,19-21H,1,7,12-13,15H2/t19-,20+,21-/m1/s1. The van der Waals surface area contributed by atoms with Gasteiger partial charge in [0, 0.05) is 18.7 Å². The summed E-state index contributed by atoms with van der Waals surface area (Å²) in [4.78, 5) is 37.7. The molecule has 0 radical (unpaired) electrons. The Hall–Kier alpha value is -3.73. The van der Waals surface area contributed by atoms with E-state index in [-0.39, 0.29) is 30.9 Å². The van der Waals surface area contributed by atoms with Crippen molar-refractivity contribution in [3.05, 3.63) is 82.9 Å². The summed E-state index contributed by atoms with van der Waals surface area (Å²) in [5.74, 6) is -1.48. The molecule has 4 rings (SSSR count). The van der Waals surface area contributed by atoms with E-state index >= 15 is 0 Å². The van der Waals surface area contributed by atoms with Crippen LogP contribution in [0.25, 0.3) is 0 Å². The van der Waals surface area contributed by atoms with Gasteiger partial charge in [-0.15, -0.1) is 6.58 Å². The second kappa shape index (κ2) is 9.26. The van der Waals surface area contributed by atoms with E-state index in [0.29, 0.717) is 0 Å². The van der Waals surface area contributed by atoms with E-state index in [0.717, 1.165) is 15.9 Å². The Labute approximate surface area is 196 Å². The predicted molar refractivity (Wildman–Crippen MR) is 121 cm³/mol. The highest BCUT2D eigenvalue weighted by atomic mass is 32.2. The first-order chi connectivity index (χ1) is 16.3. The SMILES string of the molecule is C=CC[C@H]1C(=O)N(S(=O)(=O)c2cccc([N+](=O)[O-])c2)[C@H]2CCN(C(=O)OCc3ccccc3)[C@H]12. The van der Waals surface area contributed by atoms with Crippen molar-refractivity contribution in [2.24, 2.45) is 5.92 Å². The van der Waals surface area contributed by atoms with Crippen LogP contribution in [-0.2, 0) is 26.2 Å². The van der Waals surface area contributed by atoms with E-state index in [4.69, 9.17) is 4.74 Å². The van der Waals surface area contributed by atoms with Crippen LogP contribution in [0.5, 0.6) is 0 Å². The predicted octanol–water partition coefficient (Wildman–Crippen LogP) is 3.10. The third kappa shape index (κ3) is 4.14. The number of nitro benzene ring substituents is 1. The molecule has 0 N–H and O–H groups in total. The number of allylic oxidation sites excluding steroid dienone is 1. The molecule has 3 atom stereocenters. The fourth-order valence-electron chi connectivity index (χ4n) is 4.62. The van der Waals surface area contributed by atoms with Crippen LogP contribution in [0.1, 0.15) is 18.4 Å². The van der Waals surface area contributed by atoms with Gasteiger partial charge in [0.15, 0.2) is 0 Å². The van der Waals surface area contributed by atoms with Crippen LogP contribution >= 0.6 is 0 Å². The number of nitro groups is 1. The molecule has 2 amide bonds. The number of benzene rings is 2. The van der Waals surface area contributed by atoms with Crippen molar-refractivity contribution in [1.82, 2.24) is 9.21 Å². The lowest BCUT2D eigenvalue weighted by Gasteiger charge is -2.26. The number of sulfonamides is 1. The van der Waals surface area contributed by atoms with Crippen molar-refractivity contribution >= 4 is 27.7 Å². The number of ether oxygens (including phenoxy) is 1. The molecule has 34 heavy (non-hydrogen) atoms. The Kier molecular flexibility index (Phi) is 6.38. The molecular formula is C23H23N3O7S. The van der Waals surface area contributed by atoms with Crippen molar-refractivity contribution in [2.75, 3.05) is 6.54 Å². The van der Waals surface area contributed by atoms with Crippen LogP contribution in [0.4, 0.5) is 10.5 Å². The first-order valence-electron chi connectivity index (χ1n) is 10.7. The second-order valence-corrected chi connectivity index (χ2v) is 9.92. The van der Waals surface area contributed by atoms with Crippen LogP contribution in [-0.4, -0.2) is 53.2 Å². The number of nitrogens with zero attached hydrogens (tertiary/aromatic N) is 3. The van der Waals surface area contributed by atoms with E-state index in [1.807, 2.05) is 30.3 Å². The molecular weight excluding hydrogens is 462 g/mol. The average Bonchev–Trinajstić information content (AvgIpc) is 3.36. The van der Waals surface area contributed by atoms with Crippen molar-refractivity contribution < 1.29 is 27.7 Å². The van der Waals surface area contributed by atoms with Gasteiger partial charge in [0.25, 0.3) is 15.7 Å². The molecule has 2 aromatic carbocycles. The average molecular weight is 486 g/mol. The number of amides is 2. The van der Waals surface area contributed by atoms with Crippen molar-refractivity contribution in [2.45, 2.75) is 36.4 Å². The van der Waals surface area contributed by atoms with E-state index in [2.05, 4.69) is 6.58 Å². The smallest absolute Gasteiger partial charge is 0.410 e. The lowest BCUT2D eigenvalue weighted by Crippen LogP contribution is -2.43. The largest absolute Gasteiger partial charge is 0.445 e. The van der Waals surface area contributed by atoms with Gasteiger partial charge in [-0.2, -0.15) is 0 Å². The Bertz CT molecular complexity index is 1230. The summed E-state index contributed by atoms with van der Waals surface area (Å²) in [6.07, 6.45) is 1.28. The van der Waals surface area contributed by atoms with Gasteiger partial charge in [0.05, 0.1) is 27.8 Å². The summed E-state index contributed by atoms with van der Waals surface area (Å²) < 4.78 is 33.1. The molecule has 0 aromatic heterocycles. The van der Waals surface area contributed by atoms with E-state index in [1.165, 1.54) is 29.2 Å². The molecule has 10 nitrogen and oxygen atoms in total. The van der Waals surface area contributed by atoms with Gasteiger partial charge in [-0.1, -0.05) is 42.5 Å². The first kappa shape index (κ1) is 23.4. The molecule has 2 saturated heterocycles. The molecule has 0 unspecified atom stereocenters. The topological polar surface area (TPSA) is 127 Å². The Morgan fingerprint density at radius 1 is 1.21 bits per heavy atom. The van der Waals surface area contributed by atoms with Gasteiger partial charge in [-0.3, -0.25) is 14.9 Å². The van der Waals surface area contributed by atoms with E-state index in [1.54, 1.807) is 0 Å². The van der Waals surface area contributed by atoms with Crippen molar-refractivity contribution in [3.8, 4) is 0 Å². The Morgan fingerprint density at radius 2 is 1.94 bits per heavy atom. The third-order valence-corrected chi connectivity index (χ3v) is 7.93. The van der Waals surface area contributed by atoms with E-state index < -0.39 is 50.6 Å². The monoisotopic (exact) mass is 485 g/mol. The van der Waals surface area contributed by atoms with E-state index in [9.17, 15) is 28.1 Å². The quantitative estimate of drug-likeness (QED) is 0.335. The molecule has 2 fully saturated rings. The summed E-state index contributed by atoms with van der Waals surface area (Å²) >= 11 is 0. The maximum Gasteiger partial charge on any atom is 0.410 e. The Morgan fingerprint density at radius 3 is 2.62 bits per heavy atom. The number of carbonyl (C=O) groups excluding carboxylic acids is 2. The number of hydrogen-bond acceptors (Lipinski definition) is 7. The number of rotatable bonds is 7. The molecule has 2 aliphatic heterocycles. The number of likely N-dealkylation sites (tertiary alicyclic amines) is 1. The zero-order valence-corrected chi connectivity index (χ0v) is 19.0. The van der Waals surface area contributed by atoms with Gasteiger partial charge in [0.1, 0.15) is 6.61 Å². The number of fused-ring (bicyclic) bond motifs is 1. The maximum atomic E-state index is 13.4. The minimum atomic E-state index is -4.39. The van der Waals surface area contributed by atoms with Crippen LogP contribution in [0.2, 0.25) is 0 Å². The highest BCUT2D eigenvalue weighted by Gasteiger charge is 2.58. The summed E-state index contributed by atoms with van der Waals surface area (Å²) in [5, 5.41) is 11.1. The molecule has 11 heteroatoms. The van der Waals surface area contributed by atoms with Crippen molar-refractivity contribution in [3.63, 3.8) is 0 Å². The lowest BCUT2D eigenvalue weighted by molar-refractivity contribution is -0.385. The van der Waals surface area contributed by atoms with Crippen LogP contribution in [0.3, 0.4) is 0 Å². The zero-order valence-electron chi connectivity index (χ0n) is 18.1. The first-order valence-corrected chi connectivity index (χ1v) is 12.1. The normalized spacial score (nSPS) is 21.9. The highest BCUT2D eigenvalue weighted by molar-refractivity contribution is 7.89. The summed E-state index contributed by atoms with van der Waals surface area (Å²) in [5.41, 5.74) is 0.399. The molecule has 0 bridgehead atoms. The summed E-state index contributed by atoms with van der Waals surface area (Å²) in [6.45, 7) is 3.92. The van der Waals surface area contributed by atoms with Gasteiger partial charge >= 0.3 is 6.09 Å². The number of non-ortho nitro benzene ring substituents is 1. The van der Waals surface area contributed by atoms with Gasteiger partial charge in [-0.25, -0.2) is 17.5 Å². The molecule has 0 saturated carbocycles. The second-order valence-electron chi connectivity index (χ2n) is 8.10. The van der Waals surface area contributed by atoms with Gasteiger partial charge in [-0.05, 0) is 24.5 Å². The van der Waals surface area contributed by atoms with Crippen LogP contribution in [0.15, 0.2) is 72.1 Å².